The predicted octanol–water partition coefficient (Wildman–Crippen LogP) is 5.70. The number of hydrogen-bond donors (Lipinski definition) is 3. The number of rotatable bonds is 11. The van der Waals surface area contributed by atoms with E-state index in [0.29, 0.717) is 22.7 Å². The summed E-state index contributed by atoms with van der Waals surface area (Å²) in [5, 5.41) is 5.53. The lowest BCUT2D eigenvalue weighted by Gasteiger charge is -2.27. The third kappa shape index (κ3) is 8.63. The van der Waals surface area contributed by atoms with Crippen LogP contribution in [0.4, 0.5) is 16.2 Å². The van der Waals surface area contributed by atoms with Crippen LogP contribution in [0.2, 0.25) is 0 Å². The third-order valence-corrected chi connectivity index (χ3v) is 6.11. The molecular weight excluding hydrogens is 538 g/mol. The quantitative estimate of drug-likeness (QED) is 0.195. The highest BCUT2D eigenvalue weighted by Gasteiger charge is 2.25. The van der Waals surface area contributed by atoms with Crippen LogP contribution in [0.3, 0.4) is 0 Å². The maximum absolute atomic E-state index is 13.7. The summed E-state index contributed by atoms with van der Waals surface area (Å²) in [7, 11) is 3.06. The van der Waals surface area contributed by atoms with Crippen LogP contribution in [-0.2, 0) is 4.74 Å². The van der Waals surface area contributed by atoms with Crippen LogP contribution in [-0.4, -0.2) is 50.8 Å². The summed E-state index contributed by atoms with van der Waals surface area (Å²) in [6, 6.07) is 16.3. The Morgan fingerprint density at radius 3 is 2.10 bits per heavy atom. The van der Waals surface area contributed by atoms with Crippen molar-refractivity contribution >= 4 is 29.2 Å². The molecule has 3 aromatic rings. The smallest absolute Gasteiger partial charge is 0.407 e. The van der Waals surface area contributed by atoms with E-state index in [4.69, 9.17) is 24.7 Å². The van der Waals surface area contributed by atoms with Gasteiger partial charge in [0.15, 0.2) is 5.78 Å². The summed E-state index contributed by atoms with van der Waals surface area (Å²) in [4.78, 5) is 38.7. The first kappa shape index (κ1) is 31.8. The van der Waals surface area contributed by atoms with Crippen molar-refractivity contribution in [1.82, 2.24) is 5.32 Å². The van der Waals surface area contributed by atoms with Crippen LogP contribution < -0.4 is 30.6 Å². The van der Waals surface area contributed by atoms with Gasteiger partial charge in [-0.25, -0.2) is 4.79 Å². The highest BCUT2D eigenvalue weighted by molar-refractivity contribution is 6.16. The summed E-state index contributed by atoms with van der Waals surface area (Å²) in [6.07, 6.45) is -0.526. The van der Waals surface area contributed by atoms with E-state index in [1.807, 2.05) is 13.8 Å². The first-order valence-electron chi connectivity index (χ1n) is 13.4. The molecule has 4 N–H and O–H groups in total. The number of nitrogen functional groups attached to an aromatic ring is 1. The predicted molar refractivity (Wildman–Crippen MR) is 162 cm³/mol. The summed E-state index contributed by atoms with van der Waals surface area (Å²) in [6.45, 7) is 9.65. The molecule has 10 nitrogen and oxygen atoms in total. The second kappa shape index (κ2) is 13.3. The second-order valence-electron chi connectivity index (χ2n) is 11.4. The Bertz CT molecular complexity index is 1430. The average molecular weight is 578 g/mol. The average Bonchev–Trinajstić information content (AvgIpc) is 2.95. The van der Waals surface area contributed by atoms with Crippen molar-refractivity contribution in [1.29, 1.82) is 0 Å². The lowest BCUT2D eigenvalue weighted by Crippen LogP contribution is -2.40. The second-order valence-corrected chi connectivity index (χ2v) is 11.4. The van der Waals surface area contributed by atoms with E-state index in [1.54, 1.807) is 88.5 Å². The number of nitrogens with one attached hydrogen (secondary N) is 2. The Kier molecular flexibility index (Phi) is 10.1. The zero-order chi connectivity index (χ0) is 31.1. The fourth-order valence-corrected chi connectivity index (χ4v) is 3.84. The van der Waals surface area contributed by atoms with Gasteiger partial charge >= 0.3 is 6.09 Å². The van der Waals surface area contributed by atoms with Gasteiger partial charge in [0.05, 0.1) is 37.8 Å². The van der Waals surface area contributed by atoms with Gasteiger partial charge in [-0.1, -0.05) is 19.9 Å². The summed E-state index contributed by atoms with van der Waals surface area (Å²) < 4.78 is 21.9. The molecule has 0 fully saturated rings. The monoisotopic (exact) mass is 577 g/mol. The Morgan fingerprint density at radius 2 is 1.48 bits per heavy atom. The molecule has 42 heavy (non-hydrogen) atoms. The number of carbonyl (C=O) groups is 3. The largest absolute Gasteiger partial charge is 0.497 e. The Labute approximate surface area is 246 Å². The number of methoxy groups -OCH3 is 2. The minimum atomic E-state index is -0.613. The molecule has 0 atom stereocenters. The molecule has 0 aliphatic carbocycles. The van der Waals surface area contributed by atoms with E-state index in [2.05, 4.69) is 10.6 Å². The maximum Gasteiger partial charge on any atom is 0.407 e. The zero-order valence-electron chi connectivity index (χ0n) is 25.1. The number of ether oxygens (including phenoxy) is 4. The topological polar surface area (TPSA) is 138 Å². The molecule has 0 radical (unpaired) electrons. The van der Waals surface area contributed by atoms with Gasteiger partial charge < -0.3 is 35.3 Å². The number of nitrogens with two attached hydrogens (primary N) is 1. The molecule has 0 spiro atoms. The summed E-state index contributed by atoms with van der Waals surface area (Å²) in [5.74, 6) is 0.635. The number of ketones is 1. The molecule has 0 bridgehead atoms. The van der Waals surface area contributed by atoms with Crippen LogP contribution in [0.25, 0.3) is 0 Å². The van der Waals surface area contributed by atoms with Crippen molar-refractivity contribution in [3.05, 3.63) is 77.4 Å². The number of carbonyl (C=O) groups excluding carboxylic acids is 3. The van der Waals surface area contributed by atoms with Crippen molar-refractivity contribution in [2.75, 3.05) is 38.4 Å². The van der Waals surface area contributed by atoms with Crippen LogP contribution >= 0.6 is 0 Å². The SMILES string of the molecule is COc1ccc(C(=O)Nc2cccc(C(=O)c3ccc(OC)cc3OCC(C)(C)CNC(=O)OC(C)(C)C)c2N)cc1. The van der Waals surface area contributed by atoms with Crippen molar-refractivity contribution < 1.29 is 33.3 Å². The van der Waals surface area contributed by atoms with Crippen molar-refractivity contribution in [2.45, 2.75) is 40.2 Å². The van der Waals surface area contributed by atoms with E-state index >= 15 is 0 Å². The van der Waals surface area contributed by atoms with Gasteiger partial charge in [-0.15, -0.1) is 0 Å². The van der Waals surface area contributed by atoms with Gasteiger partial charge in [-0.2, -0.15) is 0 Å². The first-order chi connectivity index (χ1) is 19.7. The normalized spacial score (nSPS) is 11.3. The molecule has 0 unspecified atom stereocenters. The molecule has 0 saturated carbocycles. The number of alkyl carbamates (subject to hydrolysis) is 1. The fraction of sp³-hybridized carbons (Fsp3) is 0.344. The lowest BCUT2D eigenvalue weighted by atomic mass is 9.94. The highest BCUT2D eigenvalue weighted by Crippen LogP contribution is 2.32. The molecule has 0 aliphatic rings. The van der Waals surface area contributed by atoms with Crippen molar-refractivity contribution in [3.63, 3.8) is 0 Å². The highest BCUT2D eigenvalue weighted by atomic mass is 16.6. The molecule has 224 valence electrons. The molecular formula is C32H39N3O7. The molecule has 0 heterocycles. The number of amides is 2. The fourth-order valence-electron chi connectivity index (χ4n) is 3.84. The van der Waals surface area contributed by atoms with E-state index < -0.39 is 22.9 Å². The van der Waals surface area contributed by atoms with Gasteiger partial charge in [0.25, 0.3) is 5.91 Å². The van der Waals surface area contributed by atoms with Gasteiger partial charge in [-0.05, 0) is 69.3 Å². The molecule has 3 aromatic carbocycles. The van der Waals surface area contributed by atoms with Gasteiger partial charge in [-0.3, -0.25) is 9.59 Å². The third-order valence-electron chi connectivity index (χ3n) is 6.11. The molecule has 0 aliphatic heterocycles. The lowest BCUT2D eigenvalue weighted by molar-refractivity contribution is 0.0492. The van der Waals surface area contributed by atoms with E-state index in [-0.39, 0.29) is 41.6 Å². The summed E-state index contributed by atoms with van der Waals surface area (Å²) in [5.41, 5.74) is 6.54. The van der Waals surface area contributed by atoms with Crippen LogP contribution in [0.5, 0.6) is 17.2 Å². The minimum absolute atomic E-state index is 0.119. The van der Waals surface area contributed by atoms with E-state index in [9.17, 15) is 14.4 Å². The minimum Gasteiger partial charge on any atom is -0.497 e. The van der Waals surface area contributed by atoms with Gasteiger partial charge in [0.2, 0.25) is 0 Å². The standard InChI is InChI=1S/C32H39N3O7/c1-31(2,3)42-30(38)34-18-32(4,5)19-41-26-17-22(40-7)15-16-23(26)28(36)24-9-8-10-25(27(24)33)35-29(37)20-11-13-21(39-6)14-12-20/h8-17H,18-19,33H2,1-7H3,(H,34,38)(H,35,37). The number of benzene rings is 3. The molecule has 0 saturated heterocycles. The van der Waals surface area contributed by atoms with Crippen LogP contribution in [0.15, 0.2) is 60.7 Å². The van der Waals surface area contributed by atoms with Gasteiger partial charge in [0, 0.05) is 29.2 Å². The molecule has 2 amide bonds. The molecule has 0 aromatic heterocycles. The number of hydrogen-bond acceptors (Lipinski definition) is 8. The van der Waals surface area contributed by atoms with Crippen molar-refractivity contribution in [3.8, 4) is 17.2 Å². The van der Waals surface area contributed by atoms with Gasteiger partial charge in [0.1, 0.15) is 22.8 Å². The maximum atomic E-state index is 13.7. The zero-order valence-corrected chi connectivity index (χ0v) is 25.1. The number of anilines is 2. The van der Waals surface area contributed by atoms with Crippen molar-refractivity contribution in [2.24, 2.45) is 5.41 Å². The summed E-state index contributed by atoms with van der Waals surface area (Å²) >= 11 is 0. The number of para-hydroxylation sites is 1. The van der Waals surface area contributed by atoms with Crippen LogP contribution in [0.1, 0.15) is 60.9 Å². The Hall–Kier alpha value is -4.73. The molecule has 10 heteroatoms. The first-order valence-corrected chi connectivity index (χ1v) is 13.4. The van der Waals surface area contributed by atoms with Crippen LogP contribution in [0, 0.1) is 5.41 Å². The Balaban J connectivity index is 1.80. The van der Waals surface area contributed by atoms with E-state index in [1.165, 1.54) is 7.11 Å². The Morgan fingerprint density at radius 1 is 0.833 bits per heavy atom. The van der Waals surface area contributed by atoms with E-state index in [0.717, 1.165) is 0 Å². The molecule has 3 rings (SSSR count).